The van der Waals surface area contributed by atoms with Crippen molar-refractivity contribution in [3.63, 3.8) is 0 Å². The Balaban J connectivity index is 1.89. The van der Waals surface area contributed by atoms with Crippen molar-refractivity contribution in [3.05, 3.63) is 59.0 Å². The summed E-state index contributed by atoms with van der Waals surface area (Å²) < 4.78 is 5.26. The maximum atomic E-state index is 11.8. The number of aliphatic hydroxyl groups excluding tert-OH is 1. The van der Waals surface area contributed by atoms with Crippen molar-refractivity contribution in [1.82, 2.24) is 5.32 Å². The minimum atomic E-state index is -0.227. The van der Waals surface area contributed by atoms with Crippen LogP contribution >= 0.6 is 0 Å². The average molecular weight is 283 g/mol. The lowest BCUT2D eigenvalue weighted by molar-refractivity contribution is 0.0922. The topological polar surface area (TPSA) is 62.5 Å². The largest absolute Gasteiger partial charge is 0.456 e. The smallest absolute Gasteiger partial charge is 0.287 e. The van der Waals surface area contributed by atoms with Gasteiger partial charge in [0.15, 0.2) is 5.76 Å². The van der Waals surface area contributed by atoms with Gasteiger partial charge in [0.05, 0.1) is 6.61 Å². The molecule has 1 heterocycles. The summed E-state index contributed by atoms with van der Waals surface area (Å²) in [6.45, 7) is 2.31. The molecule has 1 amide bonds. The van der Waals surface area contributed by atoms with Crippen LogP contribution in [0.3, 0.4) is 0 Å². The molecule has 4 nitrogen and oxygen atoms in total. The van der Waals surface area contributed by atoms with Gasteiger partial charge in [0.1, 0.15) is 5.76 Å². The molecule has 2 aromatic rings. The molecule has 2 N–H and O–H groups in total. The second-order valence-corrected chi connectivity index (χ2v) is 4.57. The van der Waals surface area contributed by atoms with E-state index < -0.39 is 0 Å². The number of aliphatic hydroxyl groups is 1. The highest BCUT2D eigenvalue weighted by Crippen LogP contribution is 2.07. The molecule has 108 valence electrons. The molecule has 0 atom stereocenters. The molecule has 1 aromatic carbocycles. The van der Waals surface area contributed by atoms with Crippen LogP contribution < -0.4 is 5.32 Å². The van der Waals surface area contributed by atoms with Crippen molar-refractivity contribution >= 4 is 5.91 Å². The van der Waals surface area contributed by atoms with E-state index in [2.05, 4.69) is 17.2 Å². The van der Waals surface area contributed by atoms with Gasteiger partial charge in [-0.25, -0.2) is 0 Å². The molecule has 0 aliphatic carbocycles. The lowest BCUT2D eigenvalue weighted by Gasteiger charge is -2.03. The van der Waals surface area contributed by atoms with Gasteiger partial charge in [-0.3, -0.25) is 4.79 Å². The van der Waals surface area contributed by atoms with Gasteiger partial charge in [0.2, 0.25) is 0 Å². The Kier molecular flexibility index (Phi) is 5.19. The van der Waals surface area contributed by atoms with E-state index in [1.54, 1.807) is 19.1 Å². The van der Waals surface area contributed by atoms with Gasteiger partial charge in [-0.15, -0.1) is 0 Å². The molecule has 0 aliphatic heterocycles. The first kappa shape index (κ1) is 14.9. The minimum absolute atomic E-state index is 0.0728. The molecule has 0 bridgehead atoms. The Morgan fingerprint density at radius 3 is 2.62 bits per heavy atom. The molecule has 0 fully saturated rings. The van der Waals surface area contributed by atoms with Gasteiger partial charge in [-0.05, 0) is 36.8 Å². The number of amides is 1. The van der Waals surface area contributed by atoms with E-state index in [1.807, 2.05) is 24.3 Å². The van der Waals surface area contributed by atoms with Crippen LogP contribution in [-0.4, -0.2) is 17.6 Å². The summed E-state index contributed by atoms with van der Waals surface area (Å²) in [6.07, 6.45) is 0.473. The van der Waals surface area contributed by atoms with Crippen LogP contribution in [0.5, 0.6) is 0 Å². The van der Waals surface area contributed by atoms with Crippen LogP contribution in [0, 0.1) is 18.8 Å². The Bertz CT molecular complexity index is 659. The number of carbonyl (C=O) groups is 1. The standard InChI is InChI=1S/C17H17NO3/c1-13-5-10-16(21-13)17(20)18-12-15-8-6-14(7-9-15)4-2-3-11-19/h5-10,19H,3,11-12H2,1H3,(H,18,20). The molecule has 4 heteroatoms. The fourth-order valence-corrected chi connectivity index (χ4v) is 1.75. The van der Waals surface area contributed by atoms with Crippen molar-refractivity contribution in [3.8, 4) is 11.8 Å². The van der Waals surface area contributed by atoms with E-state index in [4.69, 9.17) is 9.52 Å². The van der Waals surface area contributed by atoms with Crippen LogP contribution in [0.1, 0.15) is 33.9 Å². The van der Waals surface area contributed by atoms with Gasteiger partial charge < -0.3 is 14.8 Å². The first-order valence-corrected chi connectivity index (χ1v) is 6.72. The first-order chi connectivity index (χ1) is 10.2. The zero-order valence-corrected chi connectivity index (χ0v) is 11.8. The van der Waals surface area contributed by atoms with Crippen LogP contribution in [-0.2, 0) is 6.54 Å². The molecule has 0 radical (unpaired) electrons. The molecule has 21 heavy (non-hydrogen) atoms. The molecule has 0 spiro atoms. The number of benzene rings is 1. The van der Waals surface area contributed by atoms with E-state index in [1.165, 1.54) is 0 Å². The number of furan rings is 1. The van der Waals surface area contributed by atoms with E-state index in [0.29, 0.717) is 24.5 Å². The van der Waals surface area contributed by atoms with Crippen molar-refractivity contribution in [2.24, 2.45) is 0 Å². The zero-order valence-electron chi connectivity index (χ0n) is 11.8. The third-order valence-corrected chi connectivity index (χ3v) is 2.84. The summed E-state index contributed by atoms with van der Waals surface area (Å²) in [5.74, 6) is 6.62. The van der Waals surface area contributed by atoms with Crippen LogP contribution in [0.2, 0.25) is 0 Å². The second kappa shape index (κ2) is 7.32. The van der Waals surface area contributed by atoms with E-state index in [0.717, 1.165) is 11.1 Å². The SMILES string of the molecule is Cc1ccc(C(=O)NCc2ccc(C#CCCO)cc2)o1. The first-order valence-electron chi connectivity index (χ1n) is 6.72. The van der Waals surface area contributed by atoms with Crippen molar-refractivity contribution in [2.45, 2.75) is 19.9 Å². The molecular formula is C17H17NO3. The molecule has 2 rings (SSSR count). The summed E-state index contributed by atoms with van der Waals surface area (Å²) in [4.78, 5) is 11.8. The molecule has 1 aromatic heterocycles. The molecule has 0 saturated carbocycles. The number of rotatable bonds is 4. The van der Waals surface area contributed by atoms with E-state index in [9.17, 15) is 4.79 Å². The van der Waals surface area contributed by atoms with Gasteiger partial charge >= 0.3 is 0 Å². The van der Waals surface area contributed by atoms with Crippen molar-refractivity contribution in [1.29, 1.82) is 0 Å². The summed E-state index contributed by atoms with van der Waals surface area (Å²) in [7, 11) is 0. The quantitative estimate of drug-likeness (QED) is 0.846. The lowest BCUT2D eigenvalue weighted by Crippen LogP contribution is -2.22. The summed E-state index contributed by atoms with van der Waals surface area (Å²) >= 11 is 0. The van der Waals surface area contributed by atoms with Crippen molar-refractivity contribution in [2.75, 3.05) is 6.61 Å². The second-order valence-electron chi connectivity index (χ2n) is 4.57. The van der Waals surface area contributed by atoms with Crippen LogP contribution in [0.25, 0.3) is 0 Å². The number of hydrogen-bond donors (Lipinski definition) is 2. The number of aryl methyl sites for hydroxylation is 1. The highest BCUT2D eigenvalue weighted by Gasteiger charge is 2.08. The van der Waals surface area contributed by atoms with Gasteiger partial charge in [-0.1, -0.05) is 24.0 Å². The van der Waals surface area contributed by atoms with Crippen LogP contribution in [0.15, 0.2) is 40.8 Å². The highest BCUT2D eigenvalue weighted by atomic mass is 16.3. The highest BCUT2D eigenvalue weighted by molar-refractivity contribution is 5.91. The molecule has 0 aliphatic rings. The number of carbonyl (C=O) groups excluding carboxylic acids is 1. The number of hydrogen-bond acceptors (Lipinski definition) is 3. The Morgan fingerprint density at radius 2 is 2.00 bits per heavy atom. The predicted octanol–water partition coefficient (Wildman–Crippen LogP) is 2.25. The predicted molar refractivity (Wildman–Crippen MR) is 79.6 cm³/mol. The molecular weight excluding hydrogens is 266 g/mol. The van der Waals surface area contributed by atoms with Crippen molar-refractivity contribution < 1.29 is 14.3 Å². The summed E-state index contributed by atoms with van der Waals surface area (Å²) in [5, 5.41) is 11.5. The maximum Gasteiger partial charge on any atom is 0.287 e. The van der Waals surface area contributed by atoms with E-state index in [-0.39, 0.29) is 12.5 Å². The van der Waals surface area contributed by atoms with Gasteiger partial charge in [-0.2, -0.15) is 0 Å². The average Bonchev–Trinajstić information content (AvgIpc) is 2.93. The fourth-order valence-electron chi connectivity index (χ4n) is 1.75. The minimum Gasteiger partial charge on any atom is -0.456 e. The summed E-state index contributed by atoms with van der Waals surface area (Å²) in [5.41, 5.74) is 1.87. The Morgan fingerprint density at radius 1 is 1.24 bits per heavy atom. The van der Waals surface area contributed by atoms with E-state index >= 15 is 0 Å². The monoisotopic (exact) mass is 283 g/mol. The molecule has 0 saturated heterocycles. The lowest BCUT2D eigenvalue weighted by atomic mass is 10.1. The zero-order chi connectivity index (χ0) is 15.1. The Labute approximate surface area is 123 Å². The van der Waals surface area contributed by atoms with Crippen LogP contribution in [0.4, 0.5) is 0 Å². The van der Waals surface area contributed by atoms with Gasteiger partial charge in [0, 0.05) is 18.5 Å². The summed E-state index contributed by atoms with van der Waals surface area (Å²) in [6, 6.07) is 11.0. The normalized spacial score (nSPS) is 9.81. The third-order valence-electron chi connectivity index (χ3n) is 2.84. The molecule has 0 unspecified atom stereocenters. The van der Waals surface area contributed by atoms with Gasteiger partial charge in [0.25, 0.3) is 5.91 Å². The Hall–Kier alpha value is -2.51. The third kappa shape index (κ3) is 4.51. The fraction of sp³-hybridized carbons (Fsp3) is 0.235. The number of nitrogens with one attached hydrogen (secondary N) is 1. The maximum absolute atomic E-state index is 11.8.